The molecule has 0 aromatic carbocycles. The minimum atomic E-state index is -4.56. The second-order valence-corrected chi connectivity index (χ2v) is 8.84. The van der Waals surface area contributed by atoms with E-state index in [2.05, 4.69) is 10.4 Å². The minimum absolute atomic E-state index is 0.00755. The van der Waals surface area contributed by atoms with Crippen LogP contribution >= 0.6 is 0 Å². The number of alkyl halides is 3. The summed E-state index contributed by atoms with van der Waals surface area (Å²) in [5, 5.41) is 6.88. The third-order valence-electron chi connectivity index (χ3n) is 7.07. The van der Waals surface area contributed by atoms with E-state index in [-0.39, 0.29) is 17.6 Å². The largest absolute Gasteiger partial charge is 0.433 e. The van der Waals surface area contributed by atoms with E-state index in [1.165, 1.54) is 19.3 Å². The zero-order valence-electron chi connectivity index (χ0n) is 14.6. The number of nitrogens with one attached hydrogen (secondary N) is 1. The molecule has 1 aromatic rings. The van der Waals surface area contributed by atoms with Crippen molar-refractivity contribution < 1.29 is 18.0 Å². The Bertz CT molecular complexity index is 724. The first-order valence-electron chi connectivity index (χ1n) is 9.85. The average molecular weight is 367 g/mol. The molecule has 4 nitrogen and oxygen atoms in total. The third kappa shape index (κ3) is 2.74. The van der Waals surface area contributed by atoms with Crippen LogP contribution in [0, 0.1) is 23.7 Å². The maximum Gasteiger partial charge on any atom is 0.433 e. The summed E-state index contributed by atoms with van der Waals surface area (Å²) in [4.78, 5) is 12.8. The standard InChI is InChI=1S/C19H24F3N3O/c20-19(21,22)17-15(9-23-25(17)13-2-3-13)18(26)24-16-4-1-10-5-11-7-12(6-10)14(16)8-11/h9-14,16H,1-8H2,(H,24,26). The fourth-order valence-electron chi connectivity index (χ4n) is 5.93. The van der Waals surface area contributed by atoms with Gasteiger partial charge in [-0.05, 0) is 75.0 Å². The summed E-state index contributed by atoms with van der Waals surface area (Å²) < 4.78 is 41.7. The highest BCUT2D eigenvalue weighted by Gasteiger charge is 2.48. The van der Waals surface area contributed by atoms with E-state index >= 15 is 0 Å². The maximum absolute atomic E-state index is 13.6. The molecule has 142 valence electrons. The molecule has 5 atom stereocenters. The van der Waals surface area contributed by atoms with Gasteiger partial charge >= 0.3 is 6.18 Å². The first-order chi connectivity index (χ1) is 12.4. The third-order valence-corrected chi connectivity index (χ3v) is 7.07. The van der Waals surface area contributed by atoms with Crippen LogP contribution in [0.2, 0.25) is 0 Å². The molecule has 4 aliphatic carbocycles. The molecule has 4 saturated carbocycles. The smallest absolute Gasteiger partial charge is 0.349 e. The van der Waals surface area contributed by atoms with Crippen LogP contribution in [0.15, 0.2) is 6.20 Å². The van der Waals surface area contributed by atoms with Gasteiger partial charge in [0.15, 0.2) is 5.69 Å². The van der Waals surface area contributed by atoms with Crippen LogP contribution in [0.1, 0.15) is 73.5 Å². The summed E-state index contributed by atoms with van der Waals surface area (Å²) in [5.41, 5.74) is -1.19. The topological polar surface area (TPSA) is 46.9 Å². The molecule has 3 bridgehead atoms. The van der Waals surface area contributed by atoms with Crippen molar-refractivity contribution in [3.05, 3.63) is 17.5 Å². The van der Waals surface area contributed by atoms with Gasteiger partial charge < -0.3 is 5.32 Å². The second-order valence-electron chi connectivity index (χ2n) is 8.84. The Balaban J connectivity index is 1.39. The number of carbonyl (C=O) groups excluding carboxylic acids is 1. The van der Waals surface area contributed by atoms with E-state index in [0.29, 0.717) is 24.7 Å². The summed E-state index contributed by atoms with van der Waals surface area (Å²) in [7, 11) is 0. The summed E-state index contributed by atoms with van der Waals surface area (Å²) in [5.74, 6) is 1.98. The lowest BCUT2D eigenvalue weighted by Crippen LogP contribution is -2.41. The second kappa shape index (κ2) is 5.73. The van der Waals surface area contributed by atoms with Crippen molar-refractivity contribution in [1.29, 1.82) is 0 Å². The van der Waals surface area contributed by atoms with Gasteiger partial charge in [-0.15, -0.1) is 0 Å². The zero-order chi connectivity index (χ0) is 18.1. The molecule has 0 spiro atoms. The first-order valence-corrected chi connectivity index (χ1v) is 9.85. The molecule has 4 fully saturated rings. The Morgan fingerprint density at radius 2 is 1.85 bits per heavy atom. The van der Waals surface area contributed by atoms with Gasteiger partial charge in [0.1, 0.15) is 0 Å². The summed E-state index contributed by atoms with van der Waals surface area (Å²) in [6.45, 7) is 0. The summed E-state index contributed by atoms with van der Waals surface area (Å²) in [6.07, 6.45) is 4.82. The zero-order valence-corrected chi connectivity index (χ0v) is 14.6. The number of hydrogen-bond acceptors (Lipinski definition) is 2. The van der Waals surface area contributed by atoms with E-state index in [9.17, 15) is 18.0 Å². The predicted octanol–water partition coefficient (Wildman–Crippen LogP) is 4.18. The molecule has 1 aromatic heterocycles. The fourth-order valence-corrected chi connectivity index (χ4v) is 5.93. The lowest BCUT2D eigenvalue weighted by molar-refractivity contribution is -0.144. The lowest BCUT2D eigenvalue weighted by atomic mass is 9.80. The molecule has 1 N–H and O–H groups in total. The molecule has 1 heterocycles. The molecule has 0 aliphatic heterocycles. The molecule has 1 amide bonds. The van der Waals surface area contributed by atoms with Crippen molar-refractivity contribution in [2.45, 2.75) is 69.6 Å². The number of hydrogen-bond donors (Lipinski definition) is 1. The molecule has 5 rings (SSSR count). The number of halogens is 3. The van der Waals surface area contributed by atoms with Crippen molar-refractivity contribution in [3.8, 4) is 0 Å². The van der Waals surface area contributed by atoms with Gasteiger partial charge in [0.25, 0.3) is 5.91 Å². The number of aromatic nitrogens is 2. The van der Waals surface area contributed by atoms with Gasteiger partial charge in [-0.1, -0.05) is 0 Å². The van der Waals surface area contributed by atoms with E-state index in [1.54, 1.807) is 0 Å². The Kier molecular flexibility index (Phi) is 3.67. The first kappa shape index (κ1) is 16.6. The summed E-state index contributed by atoms with van der Waals surface area (Å²) in [6, 6.07) is -0.203. The monoisotopic (exact) mass is 367 g/mol. The van der Waals surface area contributed by atoms with Gasteiger partial charge in [0.2, 0.25) is 0 Å². The van der Waals surface area contributed by atoms with Crippen molar-refractivity contribution in [1.82, 2.24) is 15.1 Å². The van der Waals surface area contributed by atoms with E-state index in [0.717, 1.165) is 42.0 Å². The Morgan fingerprint density at radius 3 is 2.58 bits per heavy atom. The normalized spacial score (nSPS) is 36.2. The molecule has 26 heavy (non-hydrogen) atoms. The molecular formula is C19H24F3N3O. The van der Waals surface area contributed by atoms with E-state index in [4.69, 9.17) is 0 Å². The van der Waals surface area contributed by atoms with Gasteiger partial charge in [0.05, 0.1) is 17.8 Å². The molecular weight excluding hydrogens is 343 g/mol. The molecule has 5 unspecified atom stereocenters. The number of carbonyl (C=O) groups is 1. The fraction of sp³-hybridized carbons (Fsp3) is 0.789. The van der Waals surface area contributed by atoms with Gasteiger partial charge in [-0.2, -0.15) is 18.3 Å². The Labute approximate surface area is 150 Å². The van der Waals surface area contributed by atoms with Crippen LogP contribution in [0.3, 0.4) is 0 Å². The van der Waals surface area contributed by atoms with Crippen LogP contribution in [0.25, 0.3) is 0 Å². The molecule has 0 saturated heterocycles. The quantitative estimate of drug-likeness (QED) is 0.871. The number of amides is 1. The van der Waals surface area contributed by atoms with Crippen molar-refractivity contribution >= 4 is 5.91 Å². The van der Waals surface area contributed by atoms with Crippen LogP contribution < -0.4 is 5.32 Å². The van der Waals surface area contributed by atoms with Gasteiger partial charge in [0, 0.05) is 6.04 Å². The minimum Gasteiger partial charge on any atom is -0.349 e. The molecule has 7 heteroatoms. The van der Waals surface area contributed by atoms with Gasteiger partial charge in [-0.3, -0.25) is 9.48 Å². The van der Waals surface area contributed by atoms with E-state index < -0.39 is 17.8 Å². The van der Waals surface area contributed by atoms with E-state index in [1.807, 2.05) is 0 Å². The van der Waals surface area contributed by atoms with Crippen LogP contribution in [-0.4, -0.2) is 21.7 Å². The number of rotatable bonds is 3. The summed E-state index contributed by atoms with van der Waals surface area (Å²) >= 11 is 0. The molecule has 0 radical (unpaired) electrons. The lowest BCUT2D eigenvalue weighted by Gasteiger charge is -2.27. The van der Waals surface area contributed by atoms with Crippen molar-refractivity contribution in [3.63, 3.8) is 0 Å². The highest BCUT2D eigenvalue weighted by atomic mass is 19.4. The highest BCUT2D eigenvalue weighted by Crippen LogP contribution is 2.53. The Morgan fingerprint density at radius 1 is 1.08 bits per heavy atom. The average Bonchev–Trinajstić information content (AvgIpc) is 3.25. The number of nitrogens with zero attached hydrogens (tertiary/aromatic N) is 2. The highest BCUT2D eigenvalue weighted by molar-refractivity contribution is 5.95. The molecule has 4 aliphatic rings. The van der Waals surface area contributed by atoms with Crippen LogP contribution in [0.5, 0.6) is 0 Å². The number of fused-ring (bicyclic) bond motifs is 2. The van der Waals surface area contributed by atoms with Crippen molar-refractivity contribution in [2.24, 2.45) is 23.7 Å². The predicted molar refractivity (Wildman–Crippen MR) is 88.4 cm³/mol. The maximum atomic E-state index is 13.6. The van der Waals surface area contributed by atoms with Crippen LogP contribution in [0.4, 0.5) is 13.2 Å². The van der Waals surface area contributed by atoms with Crippen LogP contribution in [-0.2, 0) is 6.18 Å². The SMILES string of the molecule is O=C(NC1CCC2CC3CC(C2)C1C3)c1cnn(C2CC2)c1C(F)(F)F. The van der Waals surface area contributed by atoms with Crippen molar-refractivity contribution in [2.75, 3.05) is 0 Å². The Hall–Kier alpha value is -1.53. The van der Waals surface area contributed by atoms with Gasteiger partial charge in [-0.25, -0.2) is 0 Å².